The largest absolute Gasteiger partial charge is 0.493 e. The molecule has 1 aliphatic rings. The van der Waals surface area contributed by atoms with Gasteiger partial charge in [-0.2, -0.15) is 0 Å². The Morgan fingerprint density at radius 3 is 2.31 bits per heavy atom. The van der Waals surface area contributed by atoms with Crippen molar-refractivity contribution in [3.05, 3.63) is 24.3 Å². The number of carbonyl (C=O) groups is 2. The summed E-state index contributed by atoms with van der Waals surface area (Å²) >= 11 is 0. The maximum absolute atomic E-state index is 12.8. The molecule has 0 N–H and O–H groups in total. The van der Waals surface area contributed by atoms with Crippen LogP contribution in [0.25, 0.3) is 0 Å². The summed E-state index contributed by atoms with van der Waals surface area (Å²) in [5.74, 6) is 0.724. The highest BCUT2D eigenvalue weighted by atomic mass is 16.5. The molecule has 0 aromatic heterocycles. The van der Waals surface area contributed by atoms with Crippen LogP contribution in [0.1, 0.15) is 44.9 Å². The van der Waals surface area contributed by atoms with Gasteiger partial charge in [0.25, 0.3) is 5.91 Å². The fourth-order valence-electron chi connectivity index (χ4n) is 3.35. The Labute approximate surface area is 155 Å². The van der Waals surface area contributed by atoms with Gasteiger partial charge in [0, 0.05) is 12.6 Å². The van der Waals surface area contributed by atoms with Gasteiger partial charge in [-0.1, -0.05) is 37.8 Å². The molecule has 1 aliphatic carbocycles. The number of methoxy groups -OCH3 is 2. The Balaban J connectivity index is 2.02. The van der Waals surface area contributed by atoms with E-state index in [4.69, 9.17) is 14.2 Å². The third-order valence-electron chi connectivity index (χ3n) is 4.79. The predicted octanol–water partition coefficient (Wildman–Crippen LogP) is 3.19. The van der Waals surface area contributed by atoms with Crippen LogP contribution in [0, 0.1) is 0 Å². The van der Waals surface area contributed by atoms with Gasteiger partial charge >= 0.3 is 5.97 Å². The van der Waals surface area contributed by atoms with Crippen molar-refractivity contribution in [3.8, 4) is 11.5 Å². The van der Waals surface area contributed by atoms with Crippen molar-refractivity contribution in [2.75, 3.05) is 27.4 Å². The molecule has 0 bridgehead atoms. The quantitative estimate of drug-likeness (QED) is 0.524. The van der Waals surface area contributed by atoms with Crippen LogP contribution in [0.5, 0.6) is 11.5 Å². The van der Waals surface area contributed by atoms with Gasteiger partial charge in [0.15, 0.2) is 18.1 Å². The van der Waals surface area contributed by atoms with Crippen LogP contribution in [0.15, 0.2) is 24.3 Å². The first kappa shape index (κ1) is 20.1. The lowest BCUT2D eigenvalue weighted by atomic mass is 10.1. The van der Waals surface area contributed by atoms with Crippen molar-refractivity contribution in [1.29, 1.82) is 0 Å². The molecule has 0 heterocycles. The minimum atomic E-state index is -0.304. The summed E-state index contributed by atoms with van der Waals surface area (Å²) in [6.45, 7) is 0.295. The SMILES string of the molecule is COC(=O)CCN(C(=O)COc1ccccc1OC)C1CCCCCC1. The van der Waals surface area contributed by atoms with Gasteiger partial charge in [-0.25, -0.2) is 0 Å². The highest BCUT2D eigenvalue weighted by molar-refractivity contribution is 5.79. The number of hydrogen-bond acceptors (Lipinski definition) is 5. The normalized spacial score (nSPS) is 15.0. The highest BCUT2D eigenvalue weighted by Gasteiger charge is 2.25. The molecular weight excluding hydrogens is 334 g/mol. The predicted molar refractivity (Wildman–Crippen MR) is 98.3 cm³/mol. The second-order valence-electron chi connectivity index (χ2n) is 6.50. The van der Waals surface area contributed by atoms with Crippen LogP contribution in [0.2, 0.25) is 0 Å². The third kappa shape index (κ3) is 5.93. The van der Waals surface area contributed by atoms with E-state index >= 15 is 0 Å². The Kier molecular flexibility index (Phi) is 8.25. The van der Waals surface area contributed by atoms with Crippen molar-refractivity contribution >= 4 is 11.9 Å². The van der Waals surface area contributed by atoms with E-state index in [1.165, 1.54) is 20.0 Å². The number of amides is 1. The average molecular weight is 363 g/mol. The Morgan fingerprint density at radius 1 is 1.04 bits per heavy atom. The second-order valence-corrected chi connectivity index (χ2v) is 6.50. The number of esters is 1. The molecule has 1 saturated carbocycles. The average Bonchev–Trinajstić information content (AvgIpc) is 2.95. The van der Waals surface area contributed by atoms with E-state index in [0.717, 1.165) is 25.7 Å². The fraction of sp³-hybridized carbons (Fsp3) is 0.600. The van der Waals surface area contributed by atoms with Crippen molar-refractivity contribution in [1.82, 2.24) is 4.90 Å². The lowest BCUT2D eigenvalue weighted by molar-refractivity contribution is -0.143. The minimum Gasteiger partial charge on any atom is -0.493 e. The third-order valence-corrected chi connectivity index (χ3v) is 4.79. The van der Waals surface area contributed by atoms with Crippen LogP contribution < -0.4 is 9.47 Å². The molecule has 1 fully saturated rings. The second kappa shape index (κ2) is 10.7. The molecule has 0 spiro atoms. The highest BCUT2D eigenvalue weighted by Crippen LogP contribution is 2.26. The van der Waals surface area contributed by atoms with E-state index in [2.05, 4.69) is 0 Å². The first-order chi connectivity index (χ1) is 12.7. The molecule has 1 amide bonds. The summed E-state index contributed by atoms with van der Waals surface area (Å²) in [6.07, 6.45) is 6.77. The number of nitrogens with zero attached hydrogens (tertiary/aromatic N) is 1. The van der Waals surface area contributed by atoms with Crippen LogP contribution >= 0.6 is 0 Å². The standard InChI is InChI=1S/C20H29NO5/c1-24-17-11-7-8-12-18(17)26-15-19(22)21(14-13-20(23)25-2)16-9-5-3-4-6-10-16/h7-8,11-12,16H,3-6,9-10,13-15H2,1-2H3. The lowest BCUT2D eigenvalue weighted by Gasteiger charge is -2.31. The van der Waals surface area contributed by atoms with Gasteiger partial charge in [0.2, 0.25) is 0 Å². The molecule has 1 aromatic carbocycles. The molecule has 0 aliphatic heterocycles. The van der Waals surface area contributed by atoms with Gasteiger partial charge in [-0.15, -0.1) is 0 Å². The first-order valence-electron chi connectivity index (χ1n) is 9.27. The van der Waals surface area contributed by atoms with Gasteiger partial charge in [0.1, 0.15) is 0 Å². The molecule has 1 aromatic rings. The maximum Gasteiger partial charge on any atom is 0.307 e. The maximum atomic E-state index is 12.8. The van der Waals surface area contributed by atoms with Gasteiger partial charge < -0.3 is 19.1 Å². The molecule has 0 radical (unpaired) electrons. The Morgan fingerprint density at radius 2 is 1.69 bits per heavy atom. The number of benzene rings is 1. The van der Waals surface area contributed by atoms with Crippen molar-refractivity contribution in [2.24, 2.45) is 0 Å². The zero-order valence-corrected chi connectivity index (χ0v) is 15.7. The molecule has 6 nitrogen and oxygen atoms in total. The number of rotatable bonds is 8. The summed E-state index contributed by atoms with van der Waals surface area (Å²) in [7, 11) is 2.93. The zero-order chi connectivity index (χ0) is 18.8. The van der Waals surface area contributed by atoms with E-state index in [1.54, 1.807) is 24.1 Å². The topological polar surface area (TPSA) is 65.1 Å². The van der Waals surface area contributed by atoms with Gasteiger partial charge in [0.05, 0.1) is 20.6 Å². The summed E-state index contributed by atoms with van der Waals surface area (Å²) in [5.41, 5.74) is 0. The Bertz CT molecular complexity index is 581. The molecule has 0 atom stereocenters. The van der Waals surface area contributed by atoms with Crippen LogP contribution in [0.4, 0.5) is 0 Å². The van der Waals surface area contributed by atoms with Gasteiger partial charge in [-0.05, 0) is 25.0 Å². The van der Waals surface area contributed by atoms with Crippen molar-refractivity contribution < 1.29 is 23.8 Å². The number of para-hydroxylation sites is 2. The molecule has 0 unspecified atom stereocenters. The van der Waals surface area contributed by atoms with E-state index < -0.39 is 0 Å². The van der Waals surface area contributed by atoms with Crippen molar-refractivity contribution in [2.45, 2.75) is 51.0 Å². The summed E-state index contributed by atoms with van der Waals surface area (Å²) in [6, 6.07) is 7.41. The molecule has 2 rings (SSSR count). The lowest BCUT2D eigenvalue weighted by Crippen LogP contribution is -2.44. The fourth-order valence-corrected chi connectivity index (χ4v) is 3.35. The minimum absolute atomic E-state index is 0.0714. The van der Waals surface area contributed by atoms with Crippen molar-refractivity contribution in [3.63, 3.8) is 0 Å². The molecule has 26 heavy (non-hydrogen) atoms. The molecule has 6 heteroatoms. The Hall–Kier alpha value is -2.24. The van der Waals surface area contributed by atoms with E-state index in [0.29, 0.717) is 18.0 Å². The molecule has 144 valence electrons. The smallest absolute Gasteiger partial charge is 0.307 e. The van der Waals surface area contributed by atoms with Gasteiger partial charge in [-0.3, -0.25) is 9.59 Å². The molecule has 0 saturated heterocycles. The summed E-state index contributed by atoms with van der Waals surface area (Å²) in [5, 5.41) is 0. The van der Waals surface area contributed by atoms with E-state index in [9.17, 15) is 9.59 Å². The monoisotopic (exact) mass is 363 g/mol. The van der Waals surface area contributed by atoms with E-state index in [1.807, 2.05) is 12.1 Å². The van der Waals surface area contributed by atoms with Crippen LogP contribution in [-0.4, -0.2) is 50.2 Å². The first-order valence-corrected chi connectivity index (χ1v) is 9.27. The van der Waals surface area contributed by atoms with Crippen LogP contribution in [0.3, 0.4) is 0 Å². The summed E-state index contributed by atoms with van der Waals surface area (Å²) < 4.78 is 15.7. The van der Waals surface area contributed by atoms with E-state index in [-0.39, 0.29) is 30.9 Å². The summed E-state index contributed by atoms with van der Waals surface area (Å²) in [4.78, 5) is 26.2. The number of carbonyl (C=O) groups excluding carboxylic acids is 2. The van der Waals surface area contributed by atoms with Crippen LogP contribution in [-0.2, 0) is 14.3 Å². The number of hydrogen-bond donors (Lipinski definition) is 0. The number of ether oxygens (including phenoxy) is 3. The zero-order valence-electron chi connectivity index (χ0n) is 15.7. The molecular formula is C20H29NO5.